The van der Waals surface area contributed by atoms with Crippen LogP contribution in [0.15, 0.2) is 36.7 Å². The SMILES string of the molecule is CNCCNC(=O)c1ccc(-n2cc(C)cn2)cc1. The summed E-state index contributed by atoms with van der Waals surface area (Å²) in [6, 6.07) is 7.39. The Balaban J connectivity index is 2.04. The van der Waals surface area contributed by atoms with Crippen molar-refractivity contribution < 1.29 is 4.79 Å². The van der Waals surface area contributed by atoms with Gasteiger partial charge in [-0.25, -0.2) is 4.68 Å². The van der Waals surface area contributed by atoms with Gasteiger partial charge in [0.15, 0.2) is 0 Å². The number of rotatable bonds is 5. The van der Waals surface area contributed by atoms with Gasteiger partial charge in [0.25, 0.3) is 5.91 Å². The number of hydrogen-bond donors (Lipinski definition) is 2. The average Bonchev–Trinajstić information content (AvgIpc) is 2.86. The molecule has 100 valence electrons. The van der Waals surface area contributed by atoms with E-state index in [-0.39, 0.29) is 5.91 Å². The minimum Gasteiger partial charge on any atom is -0.351 e. The molecule has 0 unspecified atom stereocenters. The van der Waals surface area contributed by atoms with Gasteiger partial charge >= 0.3 is 0 Å². The fourth-order valence-corrected chi connectivity index (χ4v) is 1.72. The fourth-order valence-electron chi connectivity index (χ4n) is 1.72. The molecule has 5 nitrogen and oxygen atoms in total. The lowest BCUT2D eigenvalue weighted by atomic mass is 10.2. The topological polar surface area (TPSA) is 58.9 Å². The van der Waals surface area contributed by atoms with E-state index in [1.165, 1.54) is 0 Å². The van der Waals surface area contributed by atoms with Crippen molar-refractivity contribution in [2.75, 3.05) is 20.1 Å². The van der Waals surface area contributed by atoms with Gasteiger partial charge in [0.2, 0.25) is 0 Å². The maximum Gasteiger partial charge on any atom is 0.251 e. The highest BCUT2D eigenvalue weighted by molar-refractivity contribution is 5.94. The van der Waals surface area contributed by atoms with Crippen LogP contribution in [0, 0.1) is 6.92 Å². The van der Waals surface area contributed by atoms with Crippen LogP contribution in [0.3, 0.4) is 0 Å². The predicted octanol–water partition coefficient (Wildman–Crippen LogP) is 1.13. The molecule has 0 radical (unpaired) electrons. The number of nitrogens with zero attached hydrogens (tertiary/aromatic N) is 2. The first-order chi connectivity index (χ1) is 9.20. The average molecular weight is 258 g/mol. The van der Waals surface area contributed by atoms with Crippen molar-refractivity contribution >= 4 is 5.91 Å². The van der Waals surface area contributed by atoms with E-state index in [9.17, 15) is 4.79 Å². The Hall–Kier alpha value is -2.14. The van der Waals surface area contributed by atoms with Crippen LogP contribution in [0.1, 0.15) is 15.9 Å². The third kappa shape index (κ3) is 3.42. The van der Waals surface area contributed by atoms with E-state index in [1.54, 1.807) is 23.0 Å². The zero-order chi connectivity index (χ0) is 13.7. The smallest absolute Gasteiger partial charge is 0.251 e. The molecule has 2 rings (SSSR count). The molecule has 19 heavy (non-hydrogen) atoms. The van der Waals surface area contributed by atoms with Gasteiger partial charge in [0, 0.05) is 24.8 Å². The molecule has 0 spiro atoms. The third-order valence-corrected chi connectivity index (χ3v) is 2.77. The molecule has 0 aliphatic rings. The van der Waals surface area contributed by atoms with Crippen molar-refractivity contribution in [3.63, 3.8) is 0 Å². The summed E-state index contributed by atoms with van der Waals surface area (Å²) < 4.78 is 1.79. The number of aromatic nitrogens is 2. The molecule has 0 saturated heterocycles. The van der Waals surface area contributed by atoms with E-state index in [0.29, 0.717) is 12.1 Å². The van der Waals surface area contributed by atoms with Crippen LogP contribution < -0.4 is 10.6 Å². The summed E-state index contributed by atoms with van der Waals surface area (Å²) in [5, 5.41) is 10.0. The number of likely N-dealkylation sites (N-methyl/N-ethyl adjacent to an activating group) is 1. The van der Waals surface area contributed by atoms with Crippen molar-refractivity contribution in [1.82, 2.24) is 20.4 Å². The summed E-state index contributed by atoms with van der Waals surface area (Å²) in [4.78, 5) is 11.8. The summed E-state index contributed by atoms with van der Waals surface area (Å²) in [7, 11) is 1.85. The lowest BCUT2D eigenvalue weighted by molar-refractivity contribution is 0.0954. The van der Waals surface area contributed by atoms with E-state index < -0.39 is 0 Å². The zero-order valence-corrected chi connectivity index (χ0v) is 11.2. The lowest BCUT2D eigenvalue weighted by Crippen LogP contribution is -2.30. The van der Waals surface area contributed by atoms with Crippen LogP contribution in [0.25, 0.3) is 5.69 Å². The first kappa shape index (κ1) is 13.3. The van der Waals surface area contributed by atoms with Crippen molar-refractivity contribution in [2.45, 2.75) is 6.92 Å². The van der Waals surface area contributed by atoms with E-state index in [0.717, 1.165) is 17.8 Å². The first-order valence-corrected chi connectivity index (χ1v) is 6.25. The molecule has 0 aliphatic carbocycles. The van der Waals surface area contributed by atoms with Crippen LogP contribution in [-0.2, 0) is 0 Å². The monoisotopic (exact) mass is 258 g/mol. The Bertz CT molecular complexity index is 545. The second-order valence-corrected chi connectivity index (χ2v) is 4.37. The summed E-state index contributed by atoms with van der Waals surface area (Å²) >= 11 is 0. The number of nitrogens with one attached hydrogen (secondary N) is 2. The fraction of sp³-hybridized carbons (Fsp3) is 0.286. The number of hydrogen-bond acceptors (Lipinski definition) is 3. The van der Waals surface area contributed by atoms with Gasteiger partial charge in [0.05, 0.1) is 11.9 Å². The van der Waals surface area contributed by atoms with E-state index in [2.05, 4.69) is 15.7 Å². The van der Waals surface area contributed by atoms with Gasteiger partial charge in [-0.3, -0.25) is 4.79 Å². The second kappa shape index (κ2) is 6.15. The third-order valence-electron chi connectivity index (χ3n) is 2.77. The van der Waals surface area contributed by atoms with Crippen molar-refractivity contribution in [1.29, 1.82) is 0 Å². The number of aryl methyl sites for hydroxylation is 1. The highest BCUT2D eigenvalue weighted by Crippen LogP contribution is 2.09. The predicted molar refractivity (Wildman–Crippen MR) is 74.6 cm³/mol. The molecule has 5 heteroatoms. The quantitative estimate of drug-likeness (QED) is 0.790. The van der Waals surface area contributed by atoms with E-state index >= 15 is 0 Å². The molecule has 1 aromatic carbocycles. The van der Waals surface area contributed by atoms with Gasteiger partial charge in [0.1, 0.15) is 0 Å². The van der Waals surface area contributed by atoms with Crippen molar-refractivity contribution in [3.8, 4) is 5.69 Å². The van der Waals surface area contributed by atoms with Crippen LogP contribution in [0.2, 0.25) is 0 Å². The van der Waals surface area contributed by atoms with Gasteiger partial charge in [-0.15, -0.1) is 0 Å². The van der Waals surface area contributed by atoms with E-state index in [1.807, 2.05) is 32.3 Å². The molecule has 1 aromatic heterocycles. The highest BCUT2D eigenvalue weighted by Gasteiger charge is 2.05. The van der Waals surface area contributed by atoms with Crippen molar-refractivity contribution in [2.24, 2.45) is 0 Å². The minimum absolute atomic E-state index is 0.0570. The molecule has 2 aromatic rings. The van der Waals surface area contributed by atoms with Crippen LogP contribution in [-0.4, -0.2) is 35.8 Å². The number of carbonyl (C=O) groups is 1. The van der Waals surface area contributed by atoms with Crippen LogP contribution in [0.4, 0.5) is 0 Å². The summed E-state index contributed by atoms with van der Waals surface area (Å²) in [5.74, 6) is -0.0570. The molecule has 0 saturated carbocycles. The standard InChI is InChI=1S/C14H18N4O/c1-11-9-17-18(10-11)13-5-3-12(4-6-13)14(19)16-8-7-15-2/h3-6,9-10,15H,7-8H2,1-2H3,(H,16,19). The Labute approximate surface area is 112 Å². The minimum atomic E-state index is -0.0570. The first-order valence-electron chi connectivity index (χ1n) is 6.25. The molecule has 2 N–H and O–H groups in total. The summed E-state index contributed by atoms with van der Waals surface area (Å²) in [6.45, 7) is 3.37. The maximum atomic E-state index is 11.8. The molecule has 1 amide bonds. The highest BCUT2D eigenvalue weighted by atomic mass is 16.1. The zero-order valence-electron chi connectivity index (χ0n) is 11.2. The van der Waals surface area contributed by atoms with Gasteiger partial charge in [-0.2, -0.15) is 5.10 Å². The Morgan fingerprint density at radius 3 is 2.58 bits per heavy atom. The number of benzene rings is 1. The Kier molecular flexibility index (Phi) is 4.30. The normalized spacial score (nSPS) is 10.4. The lowest BCUT2D eigenvalue weighted by Gasteiger charge is -2.06. The van der Waals surface area contributed by atoms with Crippen molar-refractivity contribution in [3.05, 3.63) is 47.8 Å². The molecule has 1 heterocycles. The van der Waals surface area contributed by atoms with Crippen LogP contribution >= 0.6 is 0 Å². The molecule has 0 aliphatic heterocycles. The van der Waals surface area contributed by atoms with Gasteiger partial charge in [-0.05, 0) is 43.8 Å². The summed E-state index contributed by atoms with van der Waals surface area (Å²) in [6.07, 6.45) is 3.75. The maximum absolute atomic E-state index is 11.8. The Morgan fingerprint density at radius 1 is 1.26 bits per heavy atom. The molecular formula is C14H18N4O. The molecule has 0 atom stereocenters. The largest absolute Gasteiger partial charge is 0.351 e. The van der Waals surface area contributed by atoms with Crippen LogP contribution in [0.5, 0.6) is 0 Å². The number of carbonyl (C=O) groups excluding carboxylic acids is 1. The van der Waals surface area contributed by atoms with E-state index in [4.69, 9.17) is 0 Å². The second-order valence-electron chi connectivity index (χ2n) is 4.37. The molecular weight excluding hydrogens is 240 g/mol. The van der Waals surface area contributed by atoms with Gasteiger partial charge < -0.3 is 10.6 Å². The molecule has 0 bridgehead atoms. The molecule has 0 fully saturated rings. The van der Waals surface area contributed by atoms with Gasteiger partial charge in [-0.1, -0.05) is 0 Å². The summed E-state index contributed by atoms with van der Waals surface area (Å²) in [5.41, 5.74) is 2.71. The Morgan fingerprint density at radius 2 is 2.00 bits per heavy atom. The number of amides is 1.